The number of rotatable bonds is 3. The van der Waals surface area contributed by atoms with Gasteiger partial charge in [0.05, 0.1) is 5.69 Å². The van der Waals surface area contributed by atoms with Crippen molar-refractivity contribution in [2.75, 3.05) is 5.32 Å². The fourth-order valence-corrected chi connectivity index (χ4v) is 4.14. The van der Waals surface area contributed by atoms with Crippen molar-refractivity contribution >= 4 is 16.9 Å². The van der Waals surface area contributed by atoms with Gasteiger partial charge in [-0.3, -0.25) is 0 Å². The number of halogens is 3. The number of hydrogen-bond acceptors (Lipinski definition) is 3. The molecule has 0 radical (unpaired) electrons. The number of anilines is 1. The fraction of sp³-hybridized carbons (Fsp3) is 0.217. The van der Waals surface area contributed by atoms with E-state index < -0.39 is 11.7 Å². The molecule has 4 nitrogen and oxygen atoms in total. The summed E-state index contributed by atoms with van der Waals surface area (Å²) in [5.74, 6) is 0.206. The van der Waals surface area contributed by atoms with E-state index in [2.05, 4.69) is 32.4 Å². The third-order valence-corrected chi connectivity index (χ3v) is 5.57. The highest BCUT2D eigenvalue weighted by Crippen LogP contribution is 2.39. The van der Waals surface area contributed by atoms with Crippen LogP contribution in [0.5, 0.6) is 0 Å². The second-order valence-electron chi connectivity index (χ2n) is 7.72. The predicted molar refractivity (Wildman–Crippen MR) is 110 cm³/mol. The Hall–Kier alpha value is -3.35. The zero-order chi connectivity index (χ0) is 20.9. The lowest BCUT2D eigenvalue weighted by Gasteiger charge is -2.16. The Kier molecular flexibility index (Phi) is 4.27. The van der Waals surface area contributed by atoms with E-state index in [1.165, 1.54) is 11.1 Å². The largest absolute Gasteiger partial charge is 0.419 e. The summed E-state index contributed by atoms with van der Waals surface area (Å²) in [6.45, 7) is 1.94. The Labute approximate surface area is 171 Å². The maximum atomic E-state index is 13.7. The van der Waals surface area contributed by atoms with Crippen LogP contribution in [0, 0.1) is 6.92 Å². The summed E-state index contributed by atoms with van der Waals surface area (Å²) < 4.78 is 41.1. The molecule has 0 atom stereocenters. The van der Waals surface area contributed by atoms with Crippen LogP contribution in [0.4, 0.5) is 19.1 Å². The van der Waals surface area contributed by atoms with E-state index in [0.717, 1.165) is 30.1 Å². The standard InChI is InChI=1S/C23H19F3N4/c1-13-6-7-17-18(11-27-20(17)8-13)21-19(23(24,25)26)12-28-22(30-21)29-16-9-14-4-2-3-5-15(14)10-16/h2-8,11-12,16,27H,9-10H2,1H3,(H,28,29,30). The molecule has 1 aliphatic rings. The number of benzene rings is 2. The molecule has 0 fully saturated rings. The number of nitrogens with zero attached hydrogens (tertiary/aromatic N) is 2. The molecule has 30 heavy (non-hydrogen) atoms. The van der Waals surface area contributed by atoms with E-state index in [0.29, 0.717) is 10.9 Å². The van der Waals surface area contributed by atoms with Gasteiger partial charge in [0.25, 0.3) is 0 Å². The van der Waals surface area contributed by atoms with Gasteiger partial charge in [-0.15, -0.1) is 0 Å². The summed E-state index contributed by atoms with van der Waals surface area (Å²) >= 11 is 0. The minimum atomic E-state index is -4.55. The van der Waals surface area contributed by atoms with Gasteiger partial charge in [-0.25, -0.2) is 9.97 Å². The topological polar surface area (TPSA) is 53.6 Å². The molecule has 152 valence electrons. The van der Waals surface area contributed by atoms with Gasteiger partial charge in [0.2, 0.25) is 5.95 Å². The quantitative estimate of drug-likeness (QED) is 0.469. The molecule has 0 saturated carbocycles. The van der Waals surface area contributed by atoms with Crippen LogP contribution in [-0.4, -0.2) is 21.0 Å². The highest BCUT2D eigenvalue weighted by atomic mass is 19.4. The molecular weight excluding hydrogens is 389 g/mol. The molecular formula is C23H19F3N4. The van der Waals surface area contributed by atoms with Crippen LogP contribution in [0.2, 0.25) is 0 Å². The van der Waals surface area contributed by atoms with Crippen molar-refractivity contribution in [3.05, 3.63) is 77.1 Å². The van der Waals surface area contributed by atoms with Gasteiger partial charge in [0.1, 0.15) is 5.56 Å². The van der Waals surface area contributed by atoms with Gasteiger partial charge in [0.15, 0.2) is 0 Å². The average molecular weight is 408 g/mol. The van der Waals surface area contributed by atoms with Crippen LogP contribution < -0.4 is 5.32 Å². The minimum absolute atomic E-state index is 0.0533. The summed E-state index contributed by atoms with van der Waals surface area (Å²) in [6, 6.07) is 13.8. The summed E-state index contributed by atoms with van der Waals surface area (Å²) in [4.78, 5) is 11.4. The van der Waals surface area contributed by atoms with E-state index in [1.807, 2.05) is 37.3 Å². The zero-order valence-corrected chi connectivity index (χ0v) is 16.2. The Morgan fingerprint density at radius 2 is 1.80 bits per heavy atom. The van der Waals surface area contributed by atoms with Crippen molar-refractivity contribution in [3.63, 3.8) is 0 Å². The molecule has 2 N–H and O–H groups in total. The summed E-state index contributed by atoms with van der Waals surface area (Å²) in [5.41, 5.74) is 3.74. The number of aromatic amines is 1. The van der Waals surface area contributed by atoms with Crippen LogP contribution >= 0.6 is 0 Å². The normalized spacial score (nSPS) is 14.3. The minimum Gasteiger partial charge on any atom is -0.360 e. The smallest absolute Gasteiger partial charge is 0.360 e. The first kappa shape index (κ1) is 18.7. The number of alkyl halides is 3. The van der Waals surface area contributed by atoms with Gasteiger partial charge in [0, 0.05) is 34.9 Å². The predicted octanol–water partition coefficient (Wildman–Crippen LogP) is 5.53. The van der Waals surface area contributed by atoms with E-state index in [9.17, 15) is 13.2 Å². The van der Waals surface area contributed by atoms with Crippen molar-refractivity contribution in [1.29, 1.82) is 0 Å². The lowest BCUT2D eigenvalue weighted by Crippen LogP contribution is -2.22. The first-order chi connectivity index (χ1) is 14.4. The number of aryl methyl sites for hydroxylation is 1. The van der Waals surface area contributed by atoms with Gasteiger partial charge in [-0.05, 0) is 42.5 Å². The molecule has 0 aliphatic heterocycles. The van der Waals surface area contributed by atoms with E-state index in [4.69, 9.17) is 0 Å². The molecule has 1 aliphatic carbocycles. The fourth-order valence-electron chi connectivity index (χ4n) is 4.14. The van der Waals surface area contributed by atoms with Gasteiger partial charge < -0.3 is 10.3 Å². The zero-order valence-electron chi connectivity index (χ0n) is 16.2. The number of H-pyrrole nitrogens is 1. The Morgan fingerprint density at radius 1 is 1.07 bits per heavy atom. The Bertz CT molecular complexity index is 1220. The van der Waals surface area contributed by atoms with Gasteiger partial charge in [-0.2, -0.15) is 13.2 Å². The van der Waals surface area contributed by atoms with Gasteiger partial charge in [-0.1, -0.05) is 36.4 Å². The Morgan fingerprint density at radius 3 is 2.50 bits per heavy atom. The van der Waals surface area contributed by atoms with Crippen molar-refractivity contribution in [2.24, 2.45) is 0 Å². The molecule has 0 spiro atoms. The highest BCUT2D eigenvalue weighted by Gasteiger charge is 2.36. The maximum absolute atomic E-state index is 13.7. The number of aromatic nitrogens is 3. The highest BCUT2D eigenvalue weighted by molar-refractivity contribution is 5.95. The first-order valence-electron chi connectivity index (χ1n) is 9.74. The molecule has 5 rings (SSSR count). The van der Waals surface area contributed by atoms with Crippen LogP contribution in [-0.2, 0) is 19.0 Å². The molecule has 2 aromatic carbocycles. The number of nitrogens with one attached hydrogen (secondary N) is 2. The average Bonchev–Trinajstić information content (AvgIpc) is 3.29. The van der Waals surface area contributed by atoms with Crippen molar-refractivity contribution in [3.8, 4) is 11.3 Å². The molecule has 0 amide bonds. The summed E-state index contributed by atoms with van der Waals surface area (Å²) in [6.07, 6.45) is -0.507. The van der Waals surface area contributed by atoms with Crippen molar-refractivity contribution in [2.45, 2.75) is 32.0 Å². The van der Waals surface area contributed by atoms with Gasteiger partial charge >= 0.3 is 6.18 Å². The third-order valence-electron chi connectivity index (χ3n) is 5.57. The lowest BCUT2D eigenvalue weighted by molar-refractivity contribution is -0.137. The molecule has 0 unspecified atom stereocenters. The third kappa shape index (κ3) is 3.30. The monoisotopic (exact) mass is 408 g/mol. The van der Waals surface area contributed by atoms with Crippen molar-refractivity contribution < 1.29 is 13.2 Å². The van der Waals surface area contributed by atoms with Crippen LogP contribution in [0.25, 0.3) is 22.2 Å². The van der Waals surface area contributed by atoms with Crippen LogP contribution in [0.1, 0.15) is 22.3 Å². The first-order valence-corrected chi connectivity index (χ1v) is 9.74. The second-order valence-corrected chi connectivity index (χ2v) is 7.72. The number of fused-ring (bicyclic) bond motifs is 2. The number of hydrogen-bond donors (Lipinski definition) is 2. The van der Waals surface area contributed by atoms with Crippen LogP contribution in [0.3, 0.4) is 0 Å². The summed E-state index contributed by atoms with van der Waals surface area (Å²) in [5, 5.41) is 3.92. The summed E-state index contributed by atoms with van der Waals surface area (Å²) in [7, 11) is 0. The van der Waals surface area contributed by atoms with E-state index in [1.54, 1.807) is 6.20 Å². The molecule has 2 aromatic heterocycles. The maximum Gasteiger partial charge on any atom is 0.419 e. The molecule has 0 bridgehead atoms. The van der Waals surface area contributed by atoms with Crippen LogP contribution in [0.15, 0.2) is 54.9 Å². The SMILES string of the molecule is Cc1ccc2c(-c3nc(NC4Cc5ccccc5C4)ncc3C(F)(F)F)c[nH]c2c1. The molecule has 2 heterocycles. The lowest BCUT2D eigenvalue weighted by atomic mass is 10.0. The second kappa shape index (κ2) is 6.86. The molecule has 4 aromatic rings. The Balaban J connectivity index is 1.54. The van der Waals surface area contributed by atoms with E-state index in [-0.39, 0.29) is 17.7 Å². The van der Waals surface area contributed by atoms with E-state index >= 15 is 0 Å². The van der Waals surface area contributed by atoms with Crippen molar-refractivity contribution in [1.82, 2.24) is 15.0 Å². The molecule has 7 heteroatoms. The molecule has 0 saturated heterocycles.